The lowest BCUT2D eigenvalue weighted by molar-refractivity contribution is -0.140. The highest BCUT2D eigenvalue weighted by molar-refractivity contribution is 5.85. The number of alkyl halides is 3. The highest BCUT2D eigenvalue weighted by Gasteiger charge is 2.32. The summed E-state index contributed by atoms with van der Waals surface area (Å²) in [5, 5.41) is 0. The van der Waals surface area contributed by atoms with Gasteiger partial charge < -0.3 is 10.5 Å². The quantitative estimate of drug-likeness (QED) is 0.851. The lowest BCUT2D eigenvalue weighted by atomic mass is 9.99. The molecular weight excluding hydrogens is 257 g/mol. The van der Waals surface area contributed by atoms with Gasteiger partial charge in [0.25, 0.3) is 0 Å². The Bertz CT molecular complexity index is 216. The van der Waals surface area contributed by atoms with Gasteiger partial charge in [0.1, 0.15) is 0 Å². The third kappa shape index (κ3) is 5.90. The number of nitrogens with two attached hydrogens (primary N) is 1. The van der Waals surface area contributed by atoms with Crippen molar-refractivity contribution in [3.8, 4) is 0 Å². The van der Waals surface area contributed by atoms with E-state index in [9.17, 15) is 13.2 Å². The van der Waals surface area contributed by atoms with Gasteiger partial charge in [-0.05, 0) is 12.8 Å². The van der Waals surface area contributed by atoms with Gasteiger partial charge in [-0.1, -0.05) is 0 Å². The average Bonchev–Trinajstić information content (AvgIpc) is 2.25. The number of piperidine rings is 1. The van der Waals surface area contributed by atoms with Crippen molar-refractivity contribution in [2.45, 2.75) is 37.6 Å². The van der Waals surface area contributed by atoms with Crippen LogP contribution in [0.1, 0.15) is 19.3 Å². The summed E-state index contributed by atoms with van der Waals surface area (Å²) in [7, 11) is 1.63. The van der Waals surface area contributed by atoms with Crippen LogP contribution in [-0.2, 0) is 4.74 Å². The van der Waals surface area contributed by atoms with Crippen LogP contribution < -0.4 is 5.73 Å². The fourth-order valence-electron chi connectivity index (χ4n) is 2.09. The van der Waals surface area contributed by atoms with Crippen LogP contribution >= 0.6 is 12.4 Å². The average molecular weight is 277 g/mol. The zero-order valence-electron chi connectivity index (χ0n) is 9.87. The van der Waals surface area contributed by atoms with E-state index in [2.05, 4.69) is 0 Å². The summed E-state index contributed by atoms with van der Waals surface area (Å²) in [6.45, 7) is 1.07. The van der Waals surface area contributed by atoms with Gasteiger partial charge in [0.15, 0.2) is 0 Å². The van der Waals surface area contributed by atoms with Gasteiger partial charge in [-0.15, -0.1) is 12.4 Å². The zero-order chi connectivity index (χ0) is 12.2. The van der Waals surface area contributed by atoms with Crippen LogP contribution in [0.2, 0.25) is 0 Å². The van der Waals surface area contributed by atoms with E-state index >= 15 is 0 Å². The molecule has 1 aliphatic heterocycles. The molecule has 1 fully saturated rings. The minimum absolute atomic E-state index is 0. The van der Waals surface area contributed by atoms with E-state index in [1.54, 1.807) is 7.11 Å². The largest absolute Gasteiger partial charge is 0.390 e. The van der Waals surface area contributed by atoms with Crippen molar-refractivity contribution in [1.82, 2.24) is 4.90 Å². The monoisotopic (exact) mass is 276 g/mol. The first-order valence-electron chi connectivity index (χ1n) is 5.50. The number of hydrogen-bond donors (Lipinski definition) is 1. The van der Waals surface area contributed by atoms with Gasteiger partial charge >= 0.3 is 6.18 Å². The molecule has 0 aromatic carbocycles. The van der Waals surface area contributed by atoms with Gasteiger partial charge in [0.2, 0.25) is 0 Å². The van der Waals surface area contributed by atoms with E-state index < -0.39 is 12.6 Å². The molecule has 0 aliphatic carbocycles. The molecule has 17 heavy (non-hydrogen) atoms. The summed E-state index contributed by atoms with van der Waals surface area (Å²) in [5.41, 5.74) is 5.57. The molecule has 0 radical (unpaired) electrons. The normalized spacial score (nSPS) is 26.6. The standard InChI is InChI=1S/C10H19F3N2O.ClH/c1-16-9-2-4-15(8(6-9)7-14)5-3-10(11,12)13;/h8-9H,2-7,14H2,1H3;1H. The van der Waals surface area contributed by atoms with E-state index in [0.29, 0.717) is 13.1 Å². The van der Waals surface area contributed by atoms with Crippen molar-refractivity contribution in [3.05, 3.63) is 0 Å². The topological polar surface area (TPSA) is 38.5 Å². The lowest BCUT2D eigenvalue weighted by Gasteiger charge is -2.38. The van der Waals surface area contributed by atoms with Crippen LogP contribution in [0.5, 0.6) is 0 Å². The number of hydrogen-bond acceptors (Lipinski definition) is 3. The van der Waals surface area contributed by atoms with Crippen molar-refractivity contribution >= 4 is 12.4 Å². The van der Waals surface area contributed by atoms with Crippen LogP contribution in [0.15, 0.2) is 0 Å². The maximum atomic E-state index is 12.1. The van der Waals surface area contributed by atoms with Crippen molar-refractivity contribution in [1.29, 1.82) is 0 Å². The smallest absolute Gasteiger partial charge is 0.381 e. The molecule has 0 aromatic rings. The second-order valence-corrected chi connectivity index (χ2v) is 4.17. The third-order valence-corrected chi connectivity index (χ3v) is 3.08. The molecule has 3 nitrogen and oxygen atoms in total. The first kappa shape index (κ1) is 17.0. The number of likely N-dealkylation sites (tertiary alicyclic amines) is 1. The second kappa shape index (κ2) is 7.41. The van der Waals surface area contributed by atoms with Gasteiger partial charge in [-0.2, -0.15) is 13.2 Å². The van der Waals surface area contributed by atoms with E-state index in [-0.39, 0.29) is 31.1 Å². The Morgan fingerprint density at radius 3 is 2.53 bits per heavy atom. The van der Waals surface area contributed by atoms with Gasteiger partial charge in [0.05, 0.1) is 12.5 Å². The summed E-state index contributed by atoms with van der Waals surface area (Å²) >= 11 is 0. The van der Waals surface area contributed by atoms with Crippen LogP contribution in [0, 0.1) is 0 Å². The summed E-state index contributed by atoms with van der Waals surface area (Å²) in [6, 6.07) is 0.0149. The maximum Gasteiger partial charge on any atom is 0.390 e. The molecule has 0 saturated carbocycles. The molecule has 104 valence electrons. The molecule has 0 amide bonds. The van der Waals surface area contributed by atoms with E-state index in [1.807, 2.05) is 4.90 Å². The minimum atomic E-state index is -4.09. The molecule has 0 bridgehead atoms. The SMILES string of the molecule is COC1CCN(CCC(F)(F)F)C(CN)C1.Cl. The second-order valence-electron chi connectivity index (χ2n) is 4.17. The third-order valence-electron chi connectivity index (χ3n) is 3.08. The Morgan fingerprint density at radius 2 is 2.06 bits per heavy atom. The molecule has 2 atom stereocenters. The van der Waals surface area contributed by atoms with Crippen LogP contribution in [0.25, 0.3) is 0 Å². The molecule has 1 rings (SSSR count). The minimum Gasteiger partial charge on any atom is -0.381 e. The molecule has 2 unspecified atom stereocenters. The Morgan fingerprint density at radius 1 is 1.41 bits per heavy atom. The predicted molar refractivity (Wildman–Crippen MR) is 62.4 cm³/mol. The van der Waals surface area contributed by atoms with Crippen molar-refractivity contribution in [3.63, 3.8) is 0 Å². The van der Waals surface area contributed by atoms with Crippen molar-refractivity contribution in [2.75, 3.05) is 26.7 Å². The highest BCUT2D eigenvalue weighted by atomic mass is 35.5. The molecule has 7 heteroatoms. The fraction of sp³-hybridized carbons (Fsp3) is 1.00. The van der Waals surface area contributed by atoms with Crippen LogP contribution in [0.3, 0.4) is 0 Å². The van der Waals surface area contributed by atoms with Crippen LogP contribution in [-0.4, -0.2) is 50.0 Å². The molecule has 1 aliphatic rings. The number of methoxy groups -OCH3 is 1. The predicted octanol–water partition coefficient (Wildman–Crippen LogP) is 1.80. The van der Waals surface area contributed by atoms with Crippen molar-refractivity contribution in [2.24, 2.45) is 5.73 Å². The number of rotatable bonds is 4. The van der Waals surface area contributed by atoms with E-state index in [0.717, 1.165) is 12.8 Å². The Hall–Kier alpha value is -0.0400. The Labute approximate surface area is 106 Å². The molecule has 0 spiro atoms. The number of nitrogens with zero attached hydrogens (tertiary/aromatic N) is 1. The van der Waals surface area contributed by atoms with Crippen LogP contribution in [0.4, 0.5) is 13.2 Å². The molecule has 1 saturated heterocycles. The van der Waals surface area contributed by atoms with Gasteiger partial charge in [-0.25, -0.2) is 0 Å². The number of halogens is 4. The van der Waals surface area contributed by atoms with Gasteiger partial charge in [0, 0.05) is 32.8 Å². The first-order chi connectivity index (χ1) is 7.46. The number of ether oxygens (including phenoxy) is 1. The summed E-state index contributed by atoms with van der Waals surface area (Å²) < 4.78 is 41.5. The zero-order valence-corrected chi connectivity index (χ0v) is 10.7. The summed E-state index contributed by atoms with van der Waals surface area (Å²) in [5.74, 6) is 0. The molecule has 1 heterocycles. The first-order valence-corrected chi connectivity index (χ1v) is 5.50. The van der Waals surface area contributed by atoms with E-state index in [1.165, 1.54) is 0 Å². The summed E-state index contributed by atoms with van der Waals surface area (Å²) in [6.07, 6.45) is -3.20. The molecule has 2 N–H and O–H groups in total. The van der Waals surface area contributed by atoms with E-state index in [4.69, 9.17) is 10.5 Å². The Kier molecular flexibility index (Phi) is 7.39. The fourth-order valence-corrected chi connectivity index (χ4v) is 2.09. The van der Waals surface area contributed by atoms with Crippen molar-refractivity contribution < 1.29 is 17.9 Å². The lowest BCUT2D eigenvalue weighted by Crippen LogP contribution is -2.49. The maximum absolute atomic E-state index is 12.1. The molecular formula is C10H20ClF3N2O. The molecule has 0 aromatic heterocycles. The Balaban J connectivity index is 0.00000256. The van der Waals surface area contributed by atoms with Gasteiger partial charge in [-0.3, -0.25) is 4.90 Å². The highest BCUT2D eigenvalue weighted by Crippen LogP contribution is 2.24. The summed E-state index contributed by atoms with van der Waals surface area (Å²) in [4.78, 5) is 1.82.